The van der Waals surface area contributed by atoms with Crippen LogP contribution >= 0.6 is 0 Å². The zero-order chi connectivity index (χ0) is 21.0. The lowest BCUT2D eigenvalue weighted by Gasteiger charge is -2.37. The number of amides is 1. The number of hydrogen-bond donors (Lipinski definition) is 1. The molecule has 1 saturated carbocycles. The molecule has 1 heterocycles. The van der Waals surface area contributed by atoms with Crippen LogP contribution in [-0.4, -0.2) is 61.8 Å². The van der Waals surface area contributed by atoms with Gasteiger partial charge in [0, 0.05) is 32.2 Å². The molecule has 6 nitrogen and oxygen atoms in total. The van der Waals surface area contributed by atoms with E-state index in [4.69, 9.17) is 0 Å². The predicted octanol–water partition coefficient (Wildman–Crippen LogP) is 2.95. The van der Waals surface area contributed by atoms with Crippen LogP contribution in [0.4, 0.5) is 0 Å². The molecule has 1 aliphatic heterocycles. The summed E-state index contributed by atoms with van der Waals surface area (Å²) in [7, 11) is -3.49. The molecule has 1 aromatic carbocycles. The maximum atomic E-state index is 13.0. The van der Waals surface area contributed by atoms with E-state index in [0.29, 0.717) is 43.0 Å². The van der Waals surface area contributed by atoms with Gasteiger partial charge in [-0.1, -0.05) is 45.2 Å². The summed E-state index contributed by atoms with van der Waals surface area (Å²) in [5, 5.41) is 3.19. The molecular formula is C22H35N3O3S. The van der Waals surface area contributed by atoms with Crippen LogP contribution in [0.25, 0.3) is 0 Å². The van der Waals surface area contributed by atoms with Crippen LogP contribution in [0.3, 0.4) is 0 Å². The summed E-state index contributed by atoms with van der Waals surface area (Å²) in [6, 6.07) is 7.27. The molecule has 0 radical (unpaired) electrons. The van der Waals surface area contributed by atoms with Crippen LogP contribution in [-0.2, 0) is 14.8 Å². The highest BCUT2D eigenvalue weighted by Gasteiger charge is 2.32. The number of carbonyl (C=O) groups is 1. The van der Waals surface area contributed by atoms with Crippen molar-refractivity contribution < 1.29 is 13.2 Å². The van der Waals surface area contributed by atoms with Crippen LogP contribution in [0.5, 0.6) is 0 Å². The number of sulfonamides is 1. The van der Waals surface area contributed by atoms with Gasteiger partial charge in [-0.3, -0.25) is 9.69 Å². The van der Waals surface area contributed by atoms with Crippen molar-refractivity contribution in [2.24, 2.45) is 0 Å². The largest absolute Gasteiger partial charge is 0.352 e. The molecule has 2 fully saturated rings. The van der Waals surface area contributed by atoms with E-state index in [-0.39, 0.29) is 11.9 Å². The van der Waals surface area contributed by atoms with Gasteiger partial charge in [-0.25, -0.2) is 8.42 Å². The van der Waals surface area contributed by atoms with Crippen LogP contribution < -0.4 is 5.32 Å². The van der Waals surface area contributed by atoms with Gasteiger partial charge in [0.15, 0.2) is 0 Å². The first-order valence-corrected chi connectivity index (χ1v) is 12.4. The molecule has 7 heteroatoms. The zero-order valence-electron chi connectivity index (χ0n) is 17.9. The molecule has 1 amide bonds. The van der Waals surface area contributed by atoms with E-state index in [1.165, 1.54) is 19.3 Å². The Morgan fingerprint density at radius 1 is 0.966 bits per heavy atom. The van der Waals surface area contributed by atoms with Crippen LogP contribution in [0.1, 0.15) is 64.4 Å². The molecule has 1 aromatic rings. The van der Waals surface area contributed by atoms with Gasteiger partial charge in [0.05, 0.1) is 10.9 Å². The maximum Gasteiger partial charge on any atom is 0.243 e. The third kappa shape index (κ3) is 5.38. The molecule has 3 rings (SSSR count). The number of nitrogens with zero attached hydrogens (tertiary/aromatic N) is 2. The fourth-order valence-corrected chi connectivity index (χ4v) is 5.66. The number of rotatable bonds is 6. The van der Waals surface area contributed by atoms with E-state index < -0.39 is 10.0 Å². The van der Waals surface area contributed by atoms with E-state index in [1.807, 2.05) is 19.1 Å². The van der Waals surface area contributed by atoms with E-state index in [1.54, 1.807) is 16.4 Å². The molecule has 1 unspecified atom stereocenters. The van der Waals surface area contributed by atoms with Crippen LogP contribution in [0.2, 0.25) is 0 Å². The average Bonchev–Trinajstić information content (AvgIpc) is 2.74. The van der Waals surface area contributed by atoms with Gasteiger partial charge in [0.1, 0.15) is 0 Å². The highest BCUT2D eigenvalue weighted by molar-refractivity contribution is 7.89. The van der Waals surface area contributed by atoms with Crippen molar-refractivity contribution in [3.63, 3.8) is 0 Å². The first-order chi connectivity index (χ1) is 13.8. The quantitative estimate of drug-likeness (QED) is 0.767. The fourth-order valence-electron chi connectivity index (χ4n) is 4.24. The second kappa shape index (κ2) is 9.58. The number of carbonyl (C=O) groups excluding carboxylic acids is 1. The highest BCUT2D eigenvalue weighted by Crippen LogP contribution is 2.22. The SMILES string of the molecule is CC(C)c1ccc(S(=O)(=O)N2CCN(C(C)C(=O)NC3CCCCC3)CC2)cc1. The predicted molar refractivity (Wildman–Crippen MR) is 115 cm³/mol. The van der Waals surface area contributed by atoms with E-state index >= 15 is 0 Å². The van der Waals surface area contributed by atoms with Crippen LogP contribution in [0, 0.1) is 0 Å². The van der Waals surface area contributed by atoms with Crippen molar-refractivity contribution in [3.05, 3.63) is 29.8 Å². The molecule has 2 aliphatic rings. The van der Waals surface area contributed by atoms with E-state index in [9.17, 15) is 13.2 Å². The smallest absolute Gasteiger partial charge is 0.243 e. The molecule has 29 heavy (non-hydrogen) atoms. The Balaban J connectivity index is 1.55. The summed E-state index contributed by atoms with van der Waals surface area (Å²) in [6.07, 6.45) is 5.78. The first-order valence-electron chi connectivity index (χ1n) is 10.9. The number of nitrogens with one attached hydrogen (secondary N) is 1. The Bertz CT molecular complexity index is 778. The maximum absolute atomic E-state index is 13.0. The Morgan fingerprint density at radius 2 is 1.55 bits per heavy atom. The fraction of sp³-hybridized carbons (Fsp3) is 0.682. The van der Waals surface area contributed by atoms with Gasteiger partial charge in [-0.15, -0.1) is 0 Å². The summed E-state index contributed by atoms with van der Waals surface area (Å²) < 4.78 is 27.5. The summed E-state index contributed by atoms with van der Waals surface area (Å²) in [5.74, 6) is 0.439. The third-order valence-electron chi connectivity index (χ3n) is 6.34. The van der Waals surface area contributed by atoms with Gasteiger partial charge in [0.2, 0.25) is 15.9 Å². The van der Waals surface area contributed by atoms with E-state index in [2.05, 4.69) is 24.1 Å². The molecule has 1 saturated heterocycles. The summed E-state index contributed by atoms with van der Waals surface area (Å²) in [5.41, 5.74) is 1.13. The van der Waals surface area contributed by atoms with Crippen LogP contribution in [0.15, 0.2) is 29.2 Å². The topological polar surface area (TPSA) is 69.7 Å². The molecule has 0 bridgehead atoms. The minimum Gasteiger partial charge on any atom is -0.352 e. The number of benzene rings is 1. The van der Waals surface area contributed by atoms with Gasteiger partial charge in [0.25, 0.3) is 0 Å². The Hall–Kier alpha value is -1.44. The number of hydrogen-bond acceptors (Lipinski definition) is 4. The summed E-state index contributed by atoms with van der Waals surface area (Å²) in [4.78, 5) is 15.0. The zero-order valence-corrected chi connectivity index (χ0v) is 18.7. The Labute approximate surface area is 175 Å². The van der Waals surface area contributed by atoms with Gasteiger partial charge in [-0.05, 0) is 43.4 Å². The lowest BCUT2D eigenvalue weighted by molar-refractivity contribution is -0.127. The van der Waals surface area contributed by atoms with Crippen molar-refractivity contribution in [1.82, 2.24) is 14.5 Å². The van der Waals surface area contributed by atoms with Crippen molar-refractivity contribution >= 4 is 15.9 Å². The molecule has 162 valence electrons. The minimum absolute atomic E-state index is 0.0671. The average molecular weight is 422 g/mol. The van der Waals surface area contributed by atoms with Crippen molar-refractivity contribution in [2.45, 2.75) is 75.8 Å². The lowest BCUT2D eigenvalue weighted by atomic mass is 9.95. The molecule has 1 aliphatic carbocycles. The normalized spacial score (nSPS) is 21.2. The van der Waals surface area contributed by atoms with Gasteiger partial charge >= 0.3 is 0 Å². The molecule has 1 N–H and O–H groups in total. The van der Waals surface area contributed by atoms with Crippen molar-refractivity contribution in [1.29, 1.82) is 0 Å². The first kappa shape index (κ1) is 22.2. The molecule has 0 spiro atoms. The second-order valence-corrected chi connectivity index (χ2v) is 10.6. The second-order valence-electron chi connectivity index (χ2n) is 8.68. The molecule has 0 aromatic heterocycles. The third-order valence-corrected chi connectivity index (χ3v) is 8.25. The van der Waals surface area contributed by atoms with Crippen molar-refractivity contribution in [3.8, 4) is 0 Å². The summed E-state index contributed by atoms with van der Waals surface area (Å²) >= 11 is 0. The molecule has 1 atom stereocenters. The monoisotopic (exact) mass is 421 g/mol. The highest BCUT2D eigenvalue weighted by atomic mass is 32.2. The van der Waals surface area contributed by atoms with Gasteiger partial charge in [-0.2, -0.15) is 4.31 Å². The van der Waals surface area contributed by atoms with Crippen molar-refractivity contribution in [2.75, 3.05) is 26.2 Å². The van der Waals surface area contributed by atoms with Gasteiger partial charge < -0.3 is 5.32 Å². The Kier molecular flexibility index (Phi) is 7.35. The number of piperazine rings is 1. The minimum atomic E-state index is -3.49. The Morgan fingerprint density at radius 3 is 2.10 bits per heavy atom. The van der Waals surface area contributed by atoms with E-state index in [0.717, 1.165) is 18.4 Å². The summed E-state index contributed by atoms with van der Waals surface area (Å²) in [6.45, 7) is 8.07. The lowest BCUT2D eigenvalue weighted by Crippen LogP contribution is -2.55. The standard InChI is InChI=1S/C22H35N3O3S/c1-17(2)19-9-11-21(12-10-19)29(27,28)25-15-13-24(14-16-25)18(3)22(26)23-20-7-5-4-6-8-20/h9-12,17-18,20H,4-8,13-16H2,1-3H3,(H,23,26). The molecular weight excluding hydrogens is 386 g/mol.